The summed E-state index contributed by atoms with van der Waals surface area (Å²) in [5, 5.41) is 4.55. The zero-order chi connectivity index (χ0) is 13.2. The van der Waals surface area contributed by atoms with E-state index in [1.807, 2.05) is 24.3 Å². The fraction of sp³-hybridized carbons (Fsp3) is 0. The predicted octanol–water partition coefficient (Wildman–Crippen LogP) is 4.00. The minimum atomic E-state index is 1.01. The van der Waals surface area contributed by atoms with Gasteiger partial charge in [-0.05, 0) is 28.6 Å². The highest BCUT2D eigenvalue weighted by atomic mass is 32.1. The summed E-state index contributed by atoms with van der Waals surface area (Å²) in [6.07, 6.45) is 0. The molecule has 0 nitrogen and oxygen atoms in total. The van der Waals surface area contributed by atoms with E-state index >= 15 is 0 Å². The van der Waals surface area contributed by atoms with Crippen LogP contribution in [0.2, 0.25) is 0 Å². The summed E-state index contributed by atoms with van der Waals surface area (Å²) in [5.74, 6) is 0. The lowest BCUT2D eigenvalue weighted by molar-refractivity contribution is 1.68. The normalized spacial score (nSPS) is 10.5. The largest absolute Gasteiger partial charge is 0.135 e. The van der Waals surface area contributed by atoms with Crippen molar-refractivity contribution in [1.29, 1.82) is 0 Å². The number of thiophene rings is 1. The topological polar surface area (TPSA) is 0 Å². The summed E-state index contributed by atoms with van der Waals surface area (Å²) in [6, 6.07) is 20.8. The van der Waals surface area contributed by atoms with E-state index in [0.717, 1.165) is 10.4 Å². The quantitative estimate of drug-likeness (QED) is 0.574. The lowest BCUT2D eigenvalue weighted by Crippen LogP contribution is -1.93. The maximum atomic E-state index is 4.08. The molecule has 92 valence electrons. The molecule has 0 bridgehead atoms. The number of benzene rings is 1. The molecule has 0 fully saturated rings. The molecule has 0 aliphatic heterocycles. The average Bonchev–Trinajstić information content (AvgIpc) is 2.73. The number of fused-ring (bicyclic) bond motifs is 3. The van der Waals surface area contributed by atoms with E-state index in [2.05, 4.69) is 49.6 Å². The lowest BCUT2D eigenvalue weighted by atomic mass is 10.2. The molecule has 0 atom stereocenters. The summed E-state index contributed by atoms with van der Waals surface area (Å²) in [4.78, 5) is 0. The Labute approximate surface area is 116 Å². The number of hydrogen-bond donors (Lipinski definition) is 0. The van der Waals surface area contributed by atoms with E-state index in [0.29, 0.717) is 0 Å². The van der Waals surface area contributed by atoms with Crippen LogP contribution in [0.4, 0.5) is 0 Å². The van der Waals surface area contributed by atoms with E-state index in [-0.39, 0.29) is 0 Å². The first-order chi connectivity index (χ1) is 9.24. The summed E-state index contributed by atoms with van der Waals surface area (Å²) >= 11 is 1.80. The van der Waals surface area contributed by atoms with Gasteiger partial charge in [0.25, 0.3) is 0 Å². The Bertz CT molecular complexity index is 902. The third-order valence-corrected chi connectivity index (χ3v) is 4.17. The smallest absolute Gasteiger partial charge is 0.0361 e. The minimum absolute atomic E-state index is 1.01. The molecule has 3 aromatic rings. The standard InChI is InChI=1S/C18H14S/c1-13-7-3-4-8-14(2)12-18-16(11-13)15-9-5-6-10-17(15)19-18/h3-12H,1-2H2. The monoisotopic (exact) mass is 262 g/mol. The van der Waals surface area contributed by atoms with Crippen LogP contribution < -0.4 is 10.4 Å². The third-order valence-electron chi connectivity index (χ3n) is 3.04. The van der Waals surface area contributed by atoms with Crippen molar-refractivity contribution in [3.8, 4) is 0 Å². The van der Waals surface area contributed by atoms with Crippen LogP contribution >= 0.6 is 11.3 Å². The molecule has 0 unspecified atom stereocenters. The van der Waals surface area contributed by atoms with Gasteiger partial charge < -0.3 is 0 Å². The van der Waals surface area contributed by atoms with Crippen LogP contribution in [0.1, 0.15) is 0 Å². The highest BCUT2D eigenvalue weighted by Crippen LogP contribution is 2.31. The van der Waals surface area contributed by atoms with Gasteiger partial charge in [-0.1, -0.05) is 55.6 Å². The van der Waals surface area contributed by atoms with E-state index in [9.17, 15) is 0 Å². The van der Waals surface area contributed by atoms with Gasteiger partial charge in [-0.25, -0.2) is 0 Å². The highest BCUT2D eigenvalue weighted by molar-refractivity contribution is 7.25. The van der Waals surface area contributed by atoms with E-state index < -0.39 is 0 Å². The van der Waals surface area contributed by atoms with Crippen LogP contribution in [0, 0.1) is 0 Å². The molecule has 3 rings (SSSR count). The Morgan fingerprint density at radius 2 is 1.26 bits per heavy atom. The zero-order valence-corrected chi connectivity index (χ0v) is 11.4. The Morgan fingerprint density at radius 3 is 2.05 bits per heavy atom. The molecule has 19 heavy (non-hydrogen) atoms. The molecule has 0 amide bonds. The molecule has 1 heteroatoms. The molecule has 0 spiro atoms. The maximum absolute atomic E-state index is 4.08. The van der Waals surface area contributed by atoms with Gasteiger partial charge in [0.05, 0.1) is 0 Å². The van der Waals surface area contributed by atoms with Crippen LogP contribution in [0.5, 0.6) is 0 Å². The van der Waals surface area contributed by atoms with Gasteiger partial charge in [-0.15, -0.1) is 11.3 Å². The fourth-order valence-corrected chi connectivity index (χ4v) is 3.31. The highest BCUT2D eigenvalue weighted by Gasteiger charge is 2.01. The second-order valence-electron chi connectivity index (χ2n) is 4.53. The van der Waals surface area contributed by atoms with Crippen molar-refractivity contribution in [3.05, 3.63) is 71.1 Å². The van der Waals surface area contributed by atoms with Gasteiger partial charge in [-0.2, -0.15) is 0 Å². The van der Waals surface area contributed by atoms with Gasteiger partial charge >= 0.3 is 0 Å². The maximum Gasteiger partial charge on any atom is 0.0361 e. The molecular formula is C18H14S. The predicted molar refractivity (Wildman–Crippen MR) is 87.3 cm³/mol. The number of rotatable bonds is 0. The summed E-state index contributed by atoms with van der Waals surface area (Å²) in [7, 11) is 0. The average molecular weight is 262 g/mol. The minimum Gasteiger partial charge on any atom is -0.135 e. The molecule has 0 aliphatic rings. The summed E-state index contributed by atoms with van der Waals surface area (Å²) < 4.78 is 2.54. The first kappa shape index (κ1) is 11.9. The summed E-state index contributed by atoms with van der Waals surface area (Å²) in [6.45, 7) is 8.15. The van der Waals surface area contributed by atoms with Crippen molar-refractivity contribution in [2.45, 2.75) is 0 Å². The van der Waals surface area contributed by atoms with Gasteiger partial charge in [-0.3, -0.25) is 0 Å². The summed E-state index contributed by atoms with van der Waals surface area (Å²) in [5.41, 5.74) is 0. The SMILES string of the molecule is C=c1ccccc(=C)cc2c(c1)sc1ccccc12. The molecule has 0 aliphatic carbocycles. The first-order valence-electron chi connectivity index (χ1n) is 6.17. The van der Waals surface area contributed by atoms with Crippen LogP contribution in [0.25, 0.3) is 33.3 Å². The van der Waals surface area contributed by atoms with Gasteiger partial charge in [0.1, 0.15) is 0 Å². The third kappa shape index (κ3) is 2.38. The molecule has 0 N–H and O–H groups in total. The van der Waals surface area contributed by atoms with Crippen LogP contribution in [-0.2, 0) is 0 Å². The van der Waals surface area contributed by atoms with E-state index in [1.54, 1.807) is 11.3 Å². The van der Waals surface area contributed by atoms with Gasteiger partial charge in [0, 0.05) is 20.2 Å². The van der Waals surface area contributed by atoms with Crippen molar-refractivity contribution in [1.82, 2.24) is 0 Å². The fourth-order valence-electron chi connectivity index (χ4n) is 2.15. The molecule has 1 aromatic heterocycles. The van der Waals surface area contributed by atoms with Crippen LogP contribution in [-0.4, -0.2) is 0 Å². The Hall–Kier alpha value is -2.12. The van der Waals surface area contributed by atoms with Gasteiger partial charge in [0.2, 0.25) is 0 Å². The second kappa shape index (κ2) is 4.87. The molecule has 0 saturated carbocycles. The molecule has 0 saturated heterocycles. The van der Waals surface area contributed by atoms with Crippen molar-refractivity contribution in [3.63, 3.8) is 0 Å². The van der Waals surface area contributed by atoms with E-state index in [4.69, 9.17) is 0 Å². The van der Waals surface area contributed by atoms with E-state index in [1.165, 1.54) is 20.2 Å². The Balaban J connectivity index is 2.62. The molecule has 1 heterocycles. The molecule has 0 radical (unpaired) electrons. The Kier molecular flexibility index (Phi) is 3.06. The number of hydrogen-bond acceptors (Lipinski definition) is 1. The zero-order valence-electron chi connectivity index (χ0n) is 10.6. The molecule has 2 aromatic carbocycles. The van der Waals surface area contributed by atoms with Crippen molar-refractivity contribution in [2.75, 3.05) is 0 Å². The Morgan fingerprint density at radius 1 is 0.632 bits per heavy atom. The van der Waals surface area contributed by atoms with Crippen LogP contribution in [0.3, 0.4) is 0 Å². The van der Waals surface area contributed by atoms with Crippen LogP contribution in [0.15, 0.2) is 60.7 Å². The second-order valence-corrected chi connectivity index (χ2v) is 5.62. The van der Waals surface area contributed by atoms with Crippen molar-refractivity contribution >= 4 is 44.7 Å². The molecular weight excluding hydrogens is 248 g/mol. The first-order valence-corrected chi connectivity index (χ1v) is 6.99. The lowest BCUT2D eigenvalue weighted by Gasteiger charge is -1.88. The van der Waals surface area contributed by atoms with Gasteiger partial charge in [0.15, 0.2) is 0 Å². The van der Waals surface area contributed by atoms with Crippen molar-refractivity contribution in [2.24, 2.45) is 0 Å². The van der Waals surface area contributed by atoms with Crippen molar-refractivity contribution < 1.29 is 0 Å².